The number of nitrogens with two attached hydrogens (primary N) is 1. The predicted octanol–water partition coefficient (Wildman–Crippen LogP) is 2.12. The molecular weight excluding hydrogens is 376 g/mol. The monoisotopic (exact) mass is 414 g/mol. The van der Waals surface area contributed by atoms with Crippen LogP contribution in [0.15, 0.2) is 24.3 Å². The van der Waals surface area contributed by atoms with Gasteiger partial charge in [-0.1, -0.05) is 24.3 Å². The average Bonchev–Trinajstić information content (AvgIpc) is 3.20. The first kappa shape index (κ1) is 21.8. The molecule has 3 fully saturated rings. The number of benzene rings is 1. The lowest BCUT2D eigenvalue weighted by atomic mass is 10.00. The molecule has 0 radical (unpaired) electrons. The van der Waals surface area contributed by atoms with E-state index in [0.29, 0.717) is 12.6 Å². The summed E-state index contributed by atoms with van der Waals surface area (Å²) < 4.78 is 5.52. The van der Waals surface area contributed by atoms with E-state index in [1.807, 2.05) is 0 Å². The van der Waals surface area contributed by atoms with E-state index >= 15 is 0 Å². The zero-order chi connectivity index (χ0) is 20.8. The number of likely N-dealkylation sites (tertiary alicyclic amines) is 2. The lowest BCUT2D eigenvalue weighted by Gasteiger charge is -2.35. The number of rotatable bonds is 6. The molecule has 30 heavy (non-hydrogen) atoms. The third-order valence-corrected chi connectivity index (χ3v) is 6.98. The highest BCUT2D eigenvalue weighted by Crippen LogP contribution is 2.23. The van der Waals surface area contributed by atoms with Crippen LogP contribution in [-0.4, -0.2) is 67.2 Å². The Labute approximate surface area is 181 Å². The van der Waals surface area contributed by atoms with Crippen molar-refractivity contribution in [1.29, 1.82) is 0 Å². The van der Waals surface area contributed by atoms with Gasteiger partial charge in [0.1, 0.15) is 0 Å². The summed E-state index contributed by atoms with van der Waals surface area (Å²) in [4.78, 5) is 17.9. The highest BCUT2D eigenvalue weighted by molar-refractivity contribution is 5.78. The van der Waals surface area contributed by atoms with Gasteiger partial charge in [0, 0.05) is 51.5 Å². The van der Waals surface area contributed by atoms with E-state index < -0.39 is 0 Å². The maximum absolute atomic E-state index is 12.9. The summed E-state index contributed by atoms with van der Waals surface area (Å²) >= 11 is 0. The molecule has 0 unspecified atom stereocenters. The Bertz CT molecular complexity index is 668. The van der Waals surface area contributed by atoms with Crippen molar-refractivity contribution < 1.29 is 9.53 Å². The molecule has 166 valence electrons. The van der Waals surface area contributed by atoms with Gasteiger partial charge in [-0.05, 0) is 62.7 Å². The number of amides is 1. The van der Waals surface area contributed by atoms with Crippen LogP contribution in [0.4, 0.5) is 0 Å². The zero-order valence-electron chi connectivity index (χ0n) is 18.2. The number of ether oxygens (including phenoxy) is 1. The molecule has 1 aromatic carbocycles. The molecular formula is C24H38N4O2. The molecule has 0 aliphatic carbocycles. The minimum Gasteiger partial charge on any atom is -0.381 e. The standard InChI is InChI=1S/C24H38N4O2/c25-22-8-7-21(17-28(18-22)23-9-13-30-14-10-23)24(29)26-15-19-3-5-20(6-4-19)16-27-11-1-2-12-27/h3-6,21-23H,1-2,7-18,25H2,(H,26,29)/t21-,22+/m1/s1. The Morgan fingerprint density at radius 3 is 2.43 bits per heavy atom. The lowest BCUT2D eigenvalue weighted by molar-refractivity contribution is -0.126. The fraction of sp³-hybridized carbons (Fsp3) is 0.708. The smallest absolute Gasteiger partial charge is 0.224 e. The third kappa shape index (κ3) is 6.03. The molecule has 0 saturated carbocycles. The number of nitrogens with zero attached hydrogens (tertiary/aromatic N) is 2. The fourth-order valence-electron chi connectivity index (χ4n) is 5.11. The Kier molecular flexibility index (Phi) is 7.77. The SMILES string of the molecule is N[C@H]1CC[C@@H](C(=O)NCc2ccc(CN3CCCC3)cc2)CN(C2CCOCC2)C1. The third-order valence-electron chi connectivity index (χ3n) is 6.98. The van der Waals surface area contributed by atoms with E-state index in [-0.39, 0.29) is 17.9 Å². The van der Waals surface area contributed by atoms with Crippen molar-refractivity contribution in [3.05, 3.63) is 35.4 Å². The Morgan fingerprint density at radius 1 is 1.00 bits per heavy atom. The number of carbonyl (C=O) groups is 1. The van der Waals surface area contributed by atoms with Crippen molar-refractivity contribution in [2.45, 2.75) is 63.7 Å². The summed E-state index contributed by atoms with van der Waals surface area (Å²) in [5.74, 6) is 0.193. The molecule has 0 spiro atoms. The molecule has 3 saturated heterocycles. The maximum atomic E-state index is 12.9. The van der Waals surface area contributed by atoms with Crippen molar-refractivity contribution in [2.24, 2.45) is 11.7 Å². The van der Waals surface area contributed by atoms with Crippen LogP contribution < -0.4 is 11.1 Å². The first-order chi connectivity index (χ1) is 14.7. The molecule has 4 rings (SSSR count). The van der Waals surface area contributed by atoms with Gasteiger partial charge in [0.05, 0.1) is 5.92 Å². The quantitative estimate of drug-likeness (QED) is 0.746. The summed E-state index contributed by atoms with van der Waals surface area (Å²) in [5.41, 5.74) is 8.85. The van der Waals surface area contributed by atoms with E-state index in [1.165, 1.54) is 37.1 Å². The molecule has 2 atom stereocenters. The highest BCUT2D eigenvalue weighted by atomic mass is 16.5. The lowest BCUT2D eigenvalue weighted by Crippen LogP contribution is -2.47. The van der Waals surface area contributed by atoms with Gasteiger partial charge < -0.3 is 15.8 Å². The summed E-state index contributed by atoms with van der Waals surface area (Å²) in [5, 5.41) is 3.19. The van der Waals surface area contributed by atoms with E-state index in [0.717, 1.165) is 58.5 Å². The molecule has 3 heterocycles. The van der Waals surface area contributed by atoms with Gasteiger partial charge in [-0.15, -0.1) is 0 Å². The topological polar surface area (TPSA) is 70.8 Å². The van der Waals surface area contributed by atoms with Gasteiger partial charge in [-0.3, -0.25) is 14.6 Å². The van der Waals surface area contributed by atoms with Crippen LogP contribution in [0.25, 0.3) is 0 Å². The van der Waals surface area contributed by atoms with Crippen LogP contribution in [0.1, 0.15) is 49.7 Å². The summed E-state index contributed by atoms with van der Waals surface area (Å²) in [7, 11) is 0. The fourth-order valence-corrected chi connectivity index (χ4v) is 5.11. The van der Waals surface area contributed by atoms with Crippen LogP contribution in [0, 0.1) is 5.92 Å². The summed E-state index contributed by atoms with van der Waals surface area (Å²) in [6.07, 6.45) is 6.53. The van der Waals surface area contributed by atoms with E-state index in [1.54, 1.807) is 0 Å². The predicted molar refractivity (Wildman–Crippen MR) is 119 cm³/mol. The largest absolute Gasteiger partial charge is 0.381 e. The summed E-state index contributed by atoms with van der Waals surface area (Å²) in [6.45, 7) is 7.43. The highest BCUT2D eigenvalue weighted by Gasteiger charge is 2.31. The van der Waals surface area contributed by atoms with Crippen LogP contribution in [0.3, 0.4) is 0 Å². The normalized spacial score (nSPS) is 27.1. The molecule has 6 nitrogen and oxygen atoms in total. The van der Waals surface area contributed by atoms with Gasteiger partial charge in [0.2, 0.25) is 5.91 Å². The van der Waals surface area contributed by atoms with Crippen LogP contribution in [0.5, 0.6) is 0 Å². The number of hydrogen-bond donors (Lipinski definition) is 2. The van der Waals surface area contributed by atoms with Gasteiger partial charge >= 0.3 is 0 Å². The first-order valence-corrected chi connectivity index (χ1v) is 11.8. The Morgan fingerprint density at radius 2 is 1.70 bits per heavy atom. The minimum absolute atomic E-state index is 0.0239. The van der Waals surface area contributed by atoms with Gasteiger partial charge in [-0.2, -0.15) is 0 Å². The van der Waals surface area contributed by atoms with Gasteiger partial charge in [0.25, 0.3) is 0 Å². The number of nitrogens with one attached hydrogen (secondary N) is 1. The molecule has 1 aromatic rings. The zero-order valence-corrected chi connectivity index (χ0v) is 18.2. The van der Waals surface area contributed by atoms with Gasteiger partial charge in [-0.25, -0.2) is 0 Å². The van der Waals surface area contributed by atoms with Crippen molar-refractivity contribution in [2.75, 3.05) is 39.4 Å². The Balaban J connectivity index is 1.27. The minimum atomic E-state index is 0.0239. The molecule has 6 heteroatoms. The molecule has 3 aliphatic rings. The van der Waals surface area contributed by atoms with Crippen LogP contribution in [0.2, 0.25) is 0 Å². The van der Waals surface area contributed by atoms with Crippen molar-refractivity contribution >= 4 is 5.91 Å². The van der Waals surface area contributed by atoms with Crippen molar-refractivity contribution in [3.8, 4) is 0 Å². The van der Waals surface area contributed by atoms with Crippen molar-refractivity contribution in [1.82, 2.24) is 15.1 Å². The van der Waals surface area contributed by atoms with Crippen LogP contribution in [-0.2, 0) is 22.6 Å². The second-order valence-corrected chi connectivity index (χ2v) is 9.35. The second kappa shape index (κ2) is 10.7. The number of carbonyl (C=O) groups excluding carboxylic acids is 1. The second-order valence-electron chi connectivity index (χ2n) is 9.35. The number of hydrogen-bond acceptors (Lipinski definition) is 5. The first-order valence-electron chi connectivity index (χ1n) is 11.8. The van der Waals surface area contributed by atoms with Crippen LogP contribution >= 0.6 is 0 Å². The summed E-state index contributed by atoms with van der Waals surface area (Å²) in [6, 6.07) is 9.39. The van der Waals surface area contributed by atoms with E-state index in [2.05, 4.69) is 39.4 Å². The maximum Gasteiger partial charge on any atom is 0.224 e. The van der Waals surface area contributed by atoms with Gasteiger partial charge in [0.15, 0.2) is 0 Å². The molecule has 3 N–H and O–H groups in total. The Hall–Kier alpha value is -1.47. The van der Waals surface area contributed by atoms with E-state index in [4.69, 9.17) is 10.5 Å². The molecule has 0 aromatic heterocycles. The molecule has 0 bridgehead atoms. The average molecular weight is 415 g/mol. The molecule has 1 amide bonds. The van der Waals surface area contributed by atoms with E-state index in [9.17, 15) is 4.79 Å². The van der Waals surface area contributed by atoms with Crippen molar-refractivity contribution in [3.63, 3.8) is 0 Å². The molecule has 3 aliphatic heterocycles.